The molecular formula is C15H25N3O. The molecular weight excluding hydrogens is 238 g/mol. The van der Waals surface area contributed by atoms with Gasteiger partial charge in [-0.05, 0) is 19.4 Å². The fourth-order valence-electron chi connectivity index (χ4n) is 3.28. The highest BCUT2D eigenvalue weighted by Gasteiger charge is 2.42. The van der Waals surface area contributed by atoms with Gasteiger partial charge in [0.15, 0.2) is 0 Å². The van der Waals surface area contributed by atoms with Crippen LogP contribution in [0.25, 0.3) is 0 Å². The molecule has 0 spiro atoms. The van der Waals surface area contributed by atoms with Gasteiger partial charge in [-0.25, -0.2) is 0 Å². The topological polar surface area (TPSA) is 47.3 Å². The Kier molecular flexibility index (Phi) is 4.81. The van der Waals surface area contributed by atoms with E-state index < -0.39 is 5.41 Å². The van der Waals surface area contributed by atoms with E-state index in [1.807, 2.05) is 4.90 Å². The molecule has 106 valence electrons. The lowest BCUT2D eigenvalue weighted by atomic mass is 9.80. The monoisotopic (exact) mass is 263 g/mol. The van der Waals surface area contributed by atoms with Crippen molar-refractivity contribution in [3.8, 4) is 6.07 Å². The molecule has 0 aromatic heterocycles. The number of carbonyl (C=O) groups is 1. The number of likely N-dealkylation sites (N-methyl/N-ethyl adjacent to an activating group) is 1. The van der Waals surface area contributed by atoms with Gasteiger partial charge in [0.2, 0.25) is 5.91 Å². The number of amides is 1. The van der Waals surface area contributed by atoms with Gasteiger partial charge in [0.05, 0.1) is 6.07 Å². The molecule has 2 aliphatic rings. The molecule has 1 aliphatic carbocycles. The molecule has 0 aromatic rings. The Labute approximate surface area is 116 Å². The smallest absolute Gasteiger partial charge is 0.243 e. The van der Waals surface area contributed by atoms with Gasteiger partial charge in [0, 0.05) is 26.2 Å². The summed E-state index contributed by atoms with van der Waals surface area (Å²) in [6.45, 7) is 6.67. The lowest BCUT2D eigenvalue weighted by Crippen LogP contribution is -2.52. The molecule has 2 fully saturated rings. The first-order valence-corrected chi connectivity index (χ1v) is 7.65. The molecule has 0 atom stereocenters. The summed E-state index contributed by atoms with van der Waals surface area (Å²) >= 11 is 0. The van der Waals surface area contributed by atoms with E-state index in [4.69, 9.17) is 0 Å². The van der Waals surface area contributed by atoms with Gasteiger partial charge in [0.25, 0.3) is 0 Å². The maximum Gasteiger partial charge on any atom is 0.243 e. The molecule has 0 N–H and O–H groups in total. The van der Waals surface area contributed by atoms with Crippen LogP contribution in [-0.4, -0.2) is 48.4 Å². The number of nitriles is 1. The normalized spacial score (nSPS) is 24.5. The largest absolute Gasteiger partial charge is 0.339 e. The first-order valence-electron chi connectivity index (χ1n) is 7.65. The highest BCUT2D eigenvalue weighted by molar-refractivity contribution is 5.85. The minimum Gasteiger partial charge on any atom is -0.339 e. The first-order chi connectivity index (χ1) is 9.22. The van der Waals surface area contributed by atoms with Crippen LogP contribution in [0.5, 0.6) is 0 Å². The van der Waals surface area contributed by atoms with Gasteiger partial charge in [-0.15, -0.1) is 0 Å². The van der Waals surface area contributed by atoms with Crippen molar-refractivity contribution in [3.63, 3.8) is 0 Å². The summed E-state index contributed by atoms with van der Waals surface area (Å²) in [4.78, 5) is 17.0. The summed E-state index contributed by atoms with van der Waals surface area (Å²) in [6, 6.07) is 2.37. The summed E-state index contributed by atoms with van der Waals surface area (Å²) in [5.74, 6) is 0.104. The Balaban J connectivity index is 2.02. The number of nitrogens with zero attached hydrogens (tertiary/aromatic N) is 3. The minimum atomic E-state index is -0.717. The Morgan fingerprint density at radius 1 is 1.11 bits per heavy atom. The molecule has 1 heterocycles. The van der Waals surface area contributed by atoms with Crippen LogP contribution in [0.3, 0.4) is 0 Å². The average Bonchev–Trinajstić information content (AvgIpc) is 2.73. The zero-order chi connectivity index (χ0) is 13.7. The van der Waals surface area contributed by atoms with Crippen LogP contribution >= 0.6 is 0 Å². The lowest BCUT2D eigenvalue weighted by Gasteiger charge is -2.38. The Morgan fingerprint density at radius 2 is 1.68 bits per heavy atom. The molecule has 0 bridgehead atoms. The quantitative estimate of drug-likeness (QED) is 0.716. The minimum absolute atomic E-state index is 0.104. The van der Waals surface area contributed by atoms with Crippen LogP contribution in [0, 0.1) is 16.7 Å². The zero-order valence-corrected chi connectivity index (χ0v) is 12.0. The van der Waals surface area contributed by atoms with Gasteiger partial charge in [-0.3, -0.25) is 4.79 Å². The first kappa shape index (κ1) is 14.3. The predicted molar refractivity (Wildman–Crippen MR) is 74.4 cm³/mol. The van der Waals surface area contributed by atoms with Gasteiger partial charge in [0.1, 0.15) is 5.41 Å². The van der Waals surface area contributed by atoms with Crippen molar-refractivity contribution in [1.29, 1.82) is 5.26 Å². The van der Waals surface area contributed by atoms with Crippen molar-refractivity contribution < 1.29 is 4.79 Å². The Hall–Kier alpha value is -1.08. The van der Waals surface area contributed by atoms with E-state index in [1.165, 1.54) is 12.8 Å². The number of piperazine rings is 1. The van der Waals surface area contributed by atoms with Gasteiger partial charge < -0.3 is 9.80 Å². The fraction of sp³-hybridized carbons (Fsp3) is 0.867. The lowest BCUT2D eigenvalue weighted by molar-refractivity contribution is -0.141. The highest BCUT2D eigenvalue weighted by atomic mass is 16.2. The molecule has 4 heteroatoms. The van der Waals surface area contributed by atoms with Crippen molar-refractivity contribution in [3.05, 3.63) is 0 Å². The second kappa shape index (κ2) is 6.38. The third kappa shape index (κ3) is 3.09. The van der Waals surface area contributed by atoms with Crippen LogP contribution in [0.2, 0.25) is 0 Å². The van der Waals surface area contributed by atoms with Crippen LogP contribution in [0.15, 0.2) is 0 Å². The van der Waals surface area contributed by atoms with Crippen LogP contribution in [0.1, 0.15) is 45.4 Å². The fourth-order valence-corrected chi connectivity index (χ4v) is 3.28. The van der Waals surface area contributed by atoms with Crippen molar-refractivity contribution in [2.24, 2.45) is 5.41 Å². The zero-order valence-electron chi connectivity index (χ0n) is 12.0. The summed E-state index contributed by atoms with van der Waals surface area (Å²) in [7, 11) is 0. The maximum atomic E-state index is 12.7. The molecule has 0 radical (unpaired) electrons. The second-order valence-corrected chi connectivity index (χ2v) is 5.83. The predicted octanol–water partition coefficient (Wildman–Crippen LogP) is 2.01. The number of rotatable bonds is 2. The van der Waals surface area contributed by atoms with E-state index in [0.717, 1.165) is 58.4 Å². The second-order valence-electron chi connectivity index (χ2n) is 5.83. The average molecular weight is 263 g/mol. The van der Waals surface area contributed by atoms with E-state index in [0.29, 0.717) is 0 Å². The van der Waals surface area contributed by atoms with Crippen molar-refractivity contribution >= 4 is 5.91 Å². The van der Waals surface area contributed by atoms with Crippen molar-refractivity contribution in [2.45, 2.75) is 45.4 Å². The summed E-state index contributed by atoms with van der Waals surface area (Å²) in [5.41, 5.74) is -0.717. The van der Waals surface area contributed by atoms with Crippen molar-refractivity contribution in [2.75, 3.05) is 32.7 Å². The molecule has 19 heavy (non-hydrogen) atoms. The van der Waals surface area contributed by atoms with Crippen LogP contribution in [-0.2, 0) is 4.79 Å². The third-order valence-corrected chi connectivity index (χ3v) is 4.69. The summed E-state index contributed by atoms with van der Waals surface area (Å²) < 4.78 is 0. The van der Waals surface area contributed by atoms with E-state index in [2.05, 4.69) is 17.9 Å². The number of carbonyl (C=O) groups excluding carboxylic acids is 1. The van der Waals surface area contributed by atoms with E-state index in [-0.39, 0.29) is 5.91 Å². The molecule has 1 amide bonds. The molecule has 1 aliphatic heterocycles. The molecule has 2 rings (SSSR count). The molecule has 4 nitrogen and oxygen atoms in total. The van der Waals surface area contributed by atoms with E-state index >= 15 is 0 Å². The number of hydrogen-bond donors (Lipinski definition) is 0. The summed E-state index contributed by atoms with van der Waals surface area (Å²) in [5, 5.41) is 9.56. The van der Waals surface area contributed by atoms with Gasteiger partial charge >= 0.3 is 0 Å². The van der Waals surface area contributed by atoms with E-state index in [9.17, 15) is 10.1 Å². The Morgan fingerprint density at radius 3 is 2.16 bits per heavy atom. The molecule has 1 saturated carbocycles. The standard InChI is InChI=1S/C15H25N3O/c1-2-17-9-11-18(12-10-17)14(19)15(13-16)7-5-3-4-6-8-15/h2-12H2,1H3. The van der Waals surface area contributed by atoms with Gasteiger partial charge in [-0.2, -0.15) is 5.26 Å². The van der Waals surface area contributed by atoms with Gasteiger partial charge in [-0.1, -0.05) is 32.6 Å². The SMILES string of the molecule is CCN1CCN(C(=O)C2(C#N)CCCCCC2)CC1. The maximum absolute atomic E-state index is 12.7. The Bertz CT molecular complexity index is 345. The summed E-state index contributed by atoms with van der Waals surface area (Å²) in [6.07, 6.45) is 5.90. The van der Waals surface area contributed by atoms with Crippen LogP contribution in [0.4, 0.5) is 0 Å². The molecule has 1 saturated heterocycles. The van der Waals surface area contributed by atoms with E-state index in [1.54, 1.807) is 0 Å². The highest BCUT2D eigenvalue weighted by Crippen LogP contribution is 2.36. The van der Waals surface area contributed by atoms with Crippen molar-refractivity contribution in [1.82, 2.24) is 9.80 Å². The third-order valence-electron chi connectivity index (χ3n) is 4.69. The molecule has 0 aromatic carbocycles. The number of hydrogen-bond acceptors (Lipinski definition) is 3. The molecule has 0 unspecified atom stereocenters. The van der Waals surface area contributed by atoms with Crippen LogP contribution < -0.4 is 0 Å².